The number of halogens is 1. The smallest absolute Gasteiger partial charge is 0.259 e. The Balaban J connectivity index is 2.33. The number of rotatable bonds is 9. The van der Waals surface area contributed by atoms with Gasteiger partial charge in [0.1, 0.15) is 11.5 Å². The van der Waals surface area contributed by atoms with E-state index in [2.05, 4.69) is 15.9 Å². The molecule has 1 aromatic heterocycles. The lowest BCUT2D eigenvalue weighted by Crippen LogP contribution is -2.33. The van der Waals surface area contributed by atoms with Gasteiger partial charge in [-0.15, -0.1) is 0 Å². The maximum Gasteiger partial charge on any atom is 0.259 e. The Morgan fingerprint density at radius 3 is 2.77 bits per heavy atom. The molecule has 7 nitrogen and oxygen atoms in total. The van der Waals surface area contributed by atoms with E-state index in [1.54, 1.807) is 23.7 Å². The van der Waals surface area contributed by atoms with Crippen molar-refractivity contribution in [2.75, 3.05) is 40.0 Å². The molecule has 0 saturated carbocycles. The molecule has 9 heteroatoms. The highest BCUT2D eigenvalue weighted by Gasteiger charge is 2.12. The van der Waals surface area contributed by atoms with Crippen LogP contribution in [0.1, 0.15) is 11.5 Å². The second-order valence-corrected chi connectivity index (χ2v) is 7.09. The molecule has 1 N–H and O–H groups in total. The number of amidine groups is 1. The molecule has 0 aromatic carbocycles. The third kappa shape index (κ3) is 6.80. The van der Waals surface area contributed by atoms with Gasteiger partial charge in [0.15, 0.2) is 5.84 Å². The fourth-order valence-electron chi connectivity index (χ4n) is 1.68. The van der Waals surface area contributed by atoms with Crippen molar-refractivity contribution in [1.29, 1.82) is 5.41 Å². The molecule has 0 unspecified atom stereocenters. The fourth-order valence-corrected chi connectivity index (χ4v) is 3.03. The van der Waals surface area contributed by atoms with Gasteiger partial charge in [0, 0.05) is 24.3 Å². The van der Waals surface area contributed by atoms with E-state index in [0.717, 1.165) is 34.0 Å². The Morgan fingerprint density at radius 2 is 2.18 bits per heavy atom. The number of likely N-dealkylation sites (N-methyl/N-ethyl adjacent to an activating group) is 1. The molecule has 0 amide bonds. The third-order valence-corrected chi connectivity index (χ3v) is 4.45. The zero-order valence-corrected chi connectivity index (χ0v) is 15.4. The highest BCUT2D eigenvalue weighted by Crippen LogP contribution is 2.25. The molecule has 0 aliphatic rings. The predicted octanol–water partition coefficient (Wildman–Crippen LogP) is 2.52. The minimum Gasteiger partial charge on any atom is -0.463 e. The lowest BCUT2D eigenvalue weighted by Gasteiger charge is -2.16. The van der Waals surface area contributed by atoms with Gasteiger partial charge in [-0.25, -0.2) is 0 Å². The summed E-state index contributed by atoms with van der Waals surface area (Å²) in [6.07, 6.45) is 0. The monoisotopic (exact) mass is 392 g/mol. The first-order valence-corrected chi connectivity index (χ1v) is 8.64. The molecule has 0 aliphatic carbocycles. The third-order valence-electron chi connectivity index (χ3n) is 2.82. The molecule has 0 fully saturated rings. The summed E-state index contributed by atoms with van der Waals surface area (Å²) in [7, 11) is 5.67. The number of hydrogen-bond acceptors (Lipinski definition) is 6. The van der Waals surface area contributed by atoms with Gasteiger partial charge in [0.25, 0.3) is 6.54 Å². The number of hydrogen-bond donors (Lipinski definition) is 1. The second kappa shape index (κ2) is 9.16. The minimum absolute atomic E-state index is 0.0274. The molecular formula is C13H21BrN4O3S. The summed E-state index contributed by atoms with van der Waals surface area (Å²) in [5.74, 6) is 3.35. The van der Waals surface area contributed by atoms with E-state index in [1.807, 2.05) is 25.1 Å². The molecular weight excluding hydrogens is 372 g/mol. The van der Waals surface area contributed by atoms with E-state index >= 15 is 0 Å². The lowest BCUT2D eigenvalue weighted by atomic mass is 10.4. The second-order valence-electron chi connectivity index (χ2n) is 5.13. The first-order chi connectivity index (χ1) is 10.3. The molecule has 0 atom stereocenters. The molecule has 0 saturated heterocycles. The summed E-state index contributed by atoms with van der Waals surface area (Å²) in [5.41, 5.74) is 0. The van der Waals surface area contributed by atoms with E-state index in [4.69, 9.17) is 9.83 Å². The van der Waals surface area contributed by atoms with Crippen LogP contribution in [-0.4, -0.2) is 60.5 Å². The van der Waals surface area contributed by atoms with Gasteiger partial charge in [-0.1, -0.05) is 0 Å². The SMILES string of the molecule is CN(C)Cc1oc(CSCCN(C)C(=N)C[N+](=O)[O-])cc1Br. The highest BCUT2D eigenvalue weighted by atomic mass is 79.9. The zero-order valence-electron chi connectivity index (χ0n) is 13.0. The van der Waals surface area contributed by atoms with Crippen molar-refractivity contribution in [1.82, 2.24) is 9.80 Å². The van der Waals surface area contributed by atoms with Crippen molar-refractivity contribution < 1.29 is 9.34 Å². The van der Waals surface area contributed by atoms with E-state index in [0.29, 0.717) is 6.54 Å². The van der Waals surface area contributed by atoms with Gasteiger partial charge >= 0.3 is 0 Å². The Morgan fingerprint density at radius 1 is 1.50 bits per heavy atom. The van der Waals surface area contributed by atoms with Gasteiger partial charge in [-0.05, 0) is 36.1 Å². The maximum atomic E-state index is 10.4. The summed E-state index contributed by atoms with van der Waals surface area (Å²) in [6, 6.07) is 1.98. The van der Waals surface area contributed by atoms with Gasteiger partial charge in [-0.3, -0.25) is 15.5 Å². The number of nitro groups is 1. The van der Waals surface area contributed by atoms with Crippen LogP contribution in [-0.2, 0) is 12.3 Å². The van der Waals surface area contributed by atoms with E-state index in [-0.39, 0.29) is 5.84 Å². The summed E-state index contributed by atoms with van der Waals surface area (Å²) in [5, 5.41) is 17.9. The van der Waals surface area contributed by atoms with Crippen molar-refractivity contribution in [2.45, 2.75) is 12.3 Å². The molecule has 0 radical (unpaired) electrons. The van der Waals surface area contributed by atoms with Crippen LogP contribution in [0.25, 0.3) is 0 Å². The van der Waals surface area contributed by atoms with Gasteiger partial charge in [0.2, 0.25) is 0 Å². The molecule has 22 heavy (non-hydrogen) atoms. The molecule has 124 valence electrons. The molecule has 0 spiro atoms. The first-order valence-electron chi connectivity index (χ1n) is 6.69. The summed E-state index contributed by atoms with van der Waals surface area (Å²) in [4.78, 5) is 13.5. The van der Waals surface area contributed by atoms with Gasteiger partial charge in [-0.2, -0.15) is 11.8 Å². The van der Waals surface area contributed by atoms with Crippen molar-refractivity contribution in [3.05, 3.63) is 32.2 Å². The van der Waals surface area contributed by atoms with Crippen LogP contribution in [0.4, 0.5) is 0 Å². The molecule has 1 aromatic rings. The number of nitrogens with zero attached hydrogens (tertiary/aromatic N) is 3. The Bertz CT molecular complexity index is 521. The van der Waals surface area contributed by atoms with Crippen molar-refractivity contribution in [2.24, 2.45) is 0 Å². The van der Waals surface area contributed by atoms with Crippen LogP contribution in [0.5, 0.6) is 0 Å². The lowest BCUT2D eigenvalue weighted by molar-refractivity contribution is -0.464. The van der Waals surface area contributed by atoms with Gasteiger partial charge < -0.3 is 14.2 Å². The maximum absolute atomic E-state index is 10.4. The quantitative estimate of drug-likeness (QED) is 0.228. The highest BCUT2D eigenvalue weighted by molar-refractivity contribution is 9.10. The van der Waals surface area contributed by atoms with Crippen LogP contribution in [0, 0.1) is 15.5 Å². The van der Waals surface area contributed by atoms with E-state index in [1.165, 1.54) is 0 Å². The zero-order chi connectivity index (χ0) is 16.7. The fraction of sp³-hybridized carbons (Fsp3) is 0.615. The van der Waals surface area contributed by atoms with E-state index < -0.39 is 11.5 Å². The van der Waals surface area contributed by atoms with Crippen LogP contribution in [0.2, 0.25) is 0 Å². The molecule has 1 rings (SSSR count). The summed E-state index contributed by atoms with van der Waals surface area (Å²) < 4.78 is 6.75. The Hall–Kier alpha value is -1.06. The van der Waals surface area contributed by atoms with Crippen LogP contribution in [0.15, 0.2) is 15.0 Å². The van der Waals surface area contributed by atoms with Crippen LogP contribution >= 0.6 is 27.7 Å². The average molecular weight is 393 g/mol. The minimum atomic E-state index is -0.487. The molecule has 0 aliphatic heterocycles. The largest absolute Gasteiger partial charge is 0.463 e. The number of nitrogens with one attached hydrogen (secondary N) is 1. The summed E-state index contributed by atoms with van der Waals surface area (Å²) >= 11 is 5.17. The Labute approximate surface area is 142 Å². The van der Waals surface area contributed by atoms with Crippen LogP contribution < -0.4 is 0 Å². The number of thioether (sulfide) groups is 1. The standard InChI is InChI=1S/C13H21BrN4O3S/c1-16(2)7-12-11(14)6-10(21-12)9-22-5-4-17(3)13(15)8-18(19)20/h6,15H,4-5,7-9H2,1-3H3. The molecule has 0 bridgehead atoms. The van der Waals surface area contributed by atoms with Crippen molar-refractivity contribution >= 4 is 33.5 Å². The summed E-state index contributed by atoms with van der Waals surface area (Å²) in [6.45, 7) is 0.913. The first kappa shape index (κ1) is 19.0. The topological polar surface area (TPSA) is 86.6 Å². The van der Waals surface area contributed by atoms with Crippen molar-refractivity contribution in [3.8, 4) is 0 Å². The van der Waals surface area contributed by atoms with Crippen LogP contribution in [0.3, 0.4) is 0 Å². The van der Waals surface area contributed by atoms with E-state index in [9.17, 15) is 10.1 Å². The van der Waals surface area contributed by atoms with Crippen molar-refractivity contribution in [3.63, 3.8) is 0 Å². The number of furan rings is 1. The average Bonchev–Trinajstić information content (AvgIpc) is 2.73. The Kier molecular flexibility index (Phi) is 7.91. The van der Waals surface area contributed by atoms with Gasteiger partial charge in [0.05, 0.1) is 16.8 Å². The normalized spacial score (nSPS) is 11.0. The predicted molar refractivity (Wildman–Crippen MR) is 92.2 cm³/mol. The molecule has 1 heterocycles.